The van der Waals surface area contributed by atoms with E-state index in [1.165, 1.54) is 12.1 Å². The number of oxime groups is 1. The van der Waals surface area contributed by atoms with Crippen molar-refractivity contribution in [3.05, 3.63) is 52.8 Å². The summed E-state index contributed by atoms with van der Waals surface area (Å²) < 4.78 is 25.0. The van der Waals surface area contributed by atoms with E-state index in [1.807, 2.05) is 0 Å². The summed E-state index contributed by atoms with van der Waals surface area (Å²) in [6, 6.07) is 7.84. The SMILES string of the molecule is C/C(=N/O)c1ccc(Oc2ccc3c(c2C)B(O)OC3)c(F)c1. The third kappa shape index (κ3) is 2.80. The van der Waals surface area contributed by atoms with Crippen LogP contribution in [0.25, 0.3) is 0 Å². The Kier molecular flexibility index (Phi) is 4.06. The van der Waals surface area contributed by atoms with E-state index in [-0.39, 0.29) is 5.75 Å². The Morgan fingerprint density at radius 1 is 1.30 bits per heavy atom. The lowest BCUT2D eigenvalue weighted by Crippen LogP contribution is -2.30. The van der Waals surface area contributed by atoms with Crippen LogP contribution >= 0.6 is 0 Å². The zero-order valence-electron chi connectivity index (χ0n) is 12.7. The van der Waals surface area contributed by atoms with Crippen molar-refractivity contribution in [2.45, 2.75) is 20.5 Å². The van der Waals surface area contributed by atoms with Crippen LogP contribution in [-0.2, 0) is 11.3 Å². The summed E-state index contributed by atoms with van der Waals surface area (Å²) in [7, 11) is -0.982. The summed E-state index contributed by atoms with van der Waals surface area (Å²) in [4.78, 5) is 0. The van der Waals surface area contributed by atoms with E-state index in [0.717, 1.165) is 5.56 Å². The number of hydrogen-bond donors (Lipinski definition) is 2. The van der Waals surface area contributed by atoms with Gasteiger partial charge in [0.2, 0.25) is 0 Å². The van der Waals surface area contributed by atoms with Crippen molar-refractivity contribution in [1.29, 1.82) is 0 Å². The lowest BCUT2D eigenvalue weighted by atomic mass is 9.76. The summed E-state index contributed by atoms with van der Waals surface area (Å²) in [5, 5.41) is 21.6. The Morgan fingerprint density at radius 3 is 2.74 bits per heavy atom. The first-order valence-electron chi connectivity index (χ1n) is 7.09. The molecular formula is C16H15BFNO4. The van der Waals surface area contributed by atoms with Crippen LogP contribution in [0.5, 0.6) is 11.5 Å². The Labute approximate surface area is 133 Å². The molecule has 23 heavy (non-hydrogen) atoms. The van der Waals surface area contributed by atoms with E-state index in [0.29, 0.717) is 34.7 Å². The predicted octanol–water partition coefficient (Wildman–Crippen LogP) is 2.34. The molecule has 0 bridgehead atoms. The molecule has 2 aromatic carbocycles. The maximum absolute atomic E-state index is 14.2. The minimum absolute atomic E-state index is 0.0518. The van der Waals surface area contributed by atoms with Crippen molar-refractivity contribution in [3.63, 3.8) is 0 Å². The molecule has 0 radical (unpaired) electrons. The first-order chi connectivity index (χ1) is 11.0. The zero-order valence-corrected chi connectivity index (χ0v) is 12.7. The number of rotatable bonds is 3. The van der Waals surface area contributed by atoms with Crippen molar-refractivity contribution in [2.24, 2.45) is 5.16 Å². The fourth-order valence-corrected chi connectivity index (χ4v) is 2.58. The molecule has 1 aliphatic heterocycles. The predicted molar refractivity (Wildman–Crippen MR) is 84.0 cm³/mol. The number of nitrogens with zero attached hydrogens (tertiary/aromatic N) is 1. The third-order valence-electron chi connectivity index (χ3n) is 3.92. The fraction of sp³-hybridized carbons (Fsp3) is 0.188. The van der Waals surface area contributed by atoms with Crippen LogP contribution in [0.3, 0.4) is 0 Å². The lowest BCUT2D eigenvalue weighted by Gasteiger charge is -2.13. The molecule has 0 saturated heterocycles. The van der Waals surface area contributed by atoms with Gasteiger partial charge in [0.15, 0.2) is 11.6 Å². The van der Waals surface area contributed by atoms with Gasteiger partial charge in [-0.1, -0.05) is 11.2 Å². The minimum atomic E-state index is -0.982. The summed E-state index contributed by atoms with van der Waals surface area (Å²) in [5.74, 6) is -0.0642. The molecule has 0 aliphatic carbocycles. The summed E-state index contributed by atoms with van der Waals surface area (Å²) in [6.07, 6.45) is 0. The molecule has 0 amide bonds. The highest BCUT2D eigenvalue weighted by atomic mass is 19.1. The van der Waals surface area contributed by atoms with E-state index < -0.39 is 12.9 Å². The highest BCUT2D eigenvalue weighted by Crippen LogP contribution is 2.29. The number of benzene rings is 2. The van der Waals surface area contributed by atoms with Crippen molar-refractivity contribution < 1.29 is 24.0 Å². The van der Waals surface area contributed by atoms with Crippen molar-refractivity contribution >= 4 is 18.3 Å². The number of hydrogen-bond acceptors (Lipinski definition) is 5. The van der Waals surface area contributed by atoms with Gasteiger partial charge in [-0.25, -0.2) is 4.39 Å². The minimum Gasteiger partial charge on any atom is -0.454 e. The molecule has 0 fully saturated rings. The average molecular weight is 315 g/mol. The molecule has 118 valence electrons. The molecule has 5 nitrogen and oxygen atoms in total. The van der Waals surface area contributed by atoms with Gasteiger partial charge < -0.3 is 19.6 Å². The van der Waals surface area contributed by atoms with Crippen LogP contribution in [0.4, 0.5) is 4.39 Å². The molecule has 2 N–H and O–H groups in total. The van der Waals surface area contributed by atoms with Crippen LogP contribution in [0.2, 0.25) is 0 Å². The van der Waals surface area contributed by atoms with E-state index in [4.69, 9.17) is 14.6 Å². The average Bonchev–Trinajstić information content (AvgIpc) is 2.92. The van der Waals surface area contributed by atoms with Gasteiger partial charge in [0.25, 0.3) is 0 Å². The van der Waals surface area contributed by atoms with Crippen LogP contribution < -0.4 is 10.2 Å². The molecule has 0 atom stereocenters. The number of ether oxygens (including phenoxy) is 1. The maximum atomic E-state index is 14.2. The summed E-state index contributed by atoms with van der Waals surface area (Å²) >= 11 is 0. The van der Waals surface area contributed by atoms with Gasteiger partial charge >= 0.3 is 7.12 Å². The van der Waals surface area contributed by atoms with Gasteiger partial charge in [0.1, 0.15) is 5.75 Å². The van der Waals surface area contributed by atoms with Gasteiger partial charge in [-0.3, -0.25) is 0 Å². The second kappa shape index (κ2) is 6.02. The van der Waals surface area contributed by atoms with E-state index >= 15 is 0 Å². The van der Waals surface area contributed by atoms with Crippen molar-refractivity contribution in [3.8, 4) is 11.5 Å². The second-order valence-electron chi connectivity index (χ2n) is 5.36. The van der Waals surface area contributed by atoms with Crippen molar-refractivity contribution in [2.75, 3.05) is 0 Å². The summed E-state index contributed by atoms with van der Waals surface area (Å²) in [5.41, 5.74) is 3.05. The van der Waals surface area contributed by atoms with Gasteiger partial charge in [-0.15, -0.1) is 0 Å². The largest absolute Gasteiger partial charge is 0.492 e. The molecule has 2 aromatic rings. The first-order valence-corrected chi connectivity index (χ1v) is 7.09. The number of halogens is 1. The summed E-state index contributed by atoms with van der Waals surface area (Å²) in [6.45, 7) is 3.71. The molecule has 0 aromatic heterocycles. The second-order valence-corrected chi connectivity index (χ2v) is 5.36. The number of fused-ring (bicyclic) bond motifs is 1. The molecule has 1 aliphatic rings. The van der Waals surface area contributed by atoms with E-state index in [2.05, 4.69) is 5.16 Å². The molecular weight excluding hydrogens is 300 g/mol. The monoisotopic (exact) mass is 315 g/mol. The van der Waals surface area contributed by atoms with Crippen LogP contribution in [0.1, 0.15) is 23.6 Å². The molecule has 3 rings (SSSR count). The first kappa shape index (κ1) is 15.5. The van der Waals surface area contributed by atoms with Gasteiger partial charge in [-0.2, -0.15) is 0 Å². The molecule has 1 heterocycles. The normalized spacial score (nSPS) is 14.1. The topological polar surface area (TPSA) is 71.3 Å². The lowest BCUT2D eigenvalue weighted by molar-refractivity contribution is 0.275. The fourth-order valence-electron chi connectivity index (χ4n) is 2.58. The molecule has 0 unspecified atom stereocenters. The van der Waals surface area contributed by atoms with Crippen LogP contribution in [0, 0.1) is 12.7 Å². The molecule has 0 saturated carbocycles. The van der Waals surface area contributed by atoms with Crippen LogP contribution in [-0.4, -0.2) is 23.1 Å². The van der Waals surface area contributed by atoms with Gasteiger partial charge in [-0.05, 0) is 54.7 Å². The van der Waals surface area contributed by atoms with Crippen molar-refractivity contribution in [1.82, 2.24) is 0 Å². The Hall–Kier alpha value is -2.38. The Morgan fingerprint density at radius 2 is 2.04 bits per heavy atom. The molecule has 0 spiro atoms. The van der Waals surface area contributed by atoms with Gasteiger partial charge in [0.05, 0.1) is 12.3 Å². The zero-order chi connectivity index (χ0) is 16.6. The Bertz CT molecular complexity index is 794. The maximum Gasteiger partial charge on any atom is 0.492 e. The standard InChI is InChI=1S/C16H15BFNO4/c1-9-14(5-4-12-8-22-17(20)16(9)12)23-15-6-3-11(7-13(15)18)10(2)19-21/h3-7,20-21H,8H2,1-2H3/b19-10-. The smallest absolute Gasteiger partial charge is 0.454 e. The quantitative estimate of drug-likeness (QED) is 0.395. The van der Waals surface area contributed by atoms with Crippen LogP contribution in [0.15, 0.2) is 35.5 Å². The van der Waals surface area contributed by atoms with E-state index in [1.54, 1.807) is 32.0 Å². The highest BCUT2D eigenvalue weighted by Gasteiger charge is 2.30. The van der Waals surface area contributed by atoms with E-state index in [9.17, 15) is 9.41 Å². The highest BCUT2D eigenvalue weighted by molar-refractivity contribution is 6.62. The molecule has 7 heteroatoms. The van der Waals surface area contributed by atoms with Gasteiger partial charge in [0, 0.05) is 5.56 Å². The Balaban J connectivity index is 1.93. The third-order valence-corrected chi connectivity index (χ3v) is 3.92.